The third-order valence-electron chi connectivity index (χ3n) is 3.12. The highest BCUT2D eigenvalue weighted by Crippen LogP contribution is 2.22. The summed E-state index contributed by atoms with van der Waals surface area (Å²) in [6, 6.07) is 4.17. The Morgan fingerprint density at radius 3 is 2.82 bits per heavy atom. The van der Waals surface area contributed by atoms with Crippen molar-refractivity contribution in [3.8, 4) is 0 Å². The Balaban J connectivity index is 1.99. The van der Waals surface area contributed by atoms with Gasteiger partial charge in [0.05, 0.1) is 5.02 Å². The molecule has 2 N–H and O–H groups in total. The first-order valence-corrected chi connectivity index (χ1v) is 5.92. The van der Waals surface area contributed by atoms with Crippen LogP contribution in [0.3, 0.4) is 0 Å². The fraction of sp³-hybridized carbons (Fsp3) is 0.417. The summed E-state index contributed by atoms with van der Waals surface area (Å²) in [5.74, 6) is -0.217. The molecule has 3 nitrogen and oxygen atoms in total. The SMILES string of the molecule is CC(C(=O)Nc1ccc(F)c(Cl)c1)C1CNC1. The number of hydrogen-bond donors (Lipinski definition) is 2. The summed E-state index contributed by atoms with van der Waals surface area (Å²) in [5.41, 5.74) is 0.528. The Morgan fingerprint density at radius 1 is 1.59 bits per heavy atom. The van der Waals surface area contributed by atoms with E-state index in [0.29, 0.717) is 11.6 Å². The topological polar surface area (TPSA) is 41.1 Å². The van der Waals surface area contributed by atoms with Crippen molar-refractivity contribution < 1.29 is 9.18 Å². The molecule has 1 amide bonds. The molecule has 0 bridgehead atoms. The van der Waals surface area contributed by atoms with Crippen molar-refractivity contribution in [1.82, 2.24) is 5.32 Å². The van der Waals surface area contributed by atoms with E-state index < -0.39 is 5.82 Å². The van der Waals surface area contributed by atoms with E-state index in [1.807, 2.05) is 6.92 Å². The van der Waals surface area contributed by atoms with Gasteiger partial charge in [0.2, 0.25) is 5.91 Å². The molecular formula is C12H14ClFN2O. The lowest BCUT2D eigenvalue weighted by atomic mass is 9.88. The monoisotopic (exact) mass is 256 g/mol. The minimum absolute atomic E-state index is 0.0146. The van der Waals surface area contributed by atoms with Crippen LogP contribution >= 0.6 is 11.6 Å². The Labute approximate surface area is 104 Å². The lowest BCUT2D eigenvalue weighted by Crippen LogP contribution is -2.48. The first-order valence-electron chi connectivity index (χ1n) is 5.54. The lowest BCUT2D eigenvalue weighted by Gasteiger charge is -2.31. The second-order valence-electron chi connectivity index (χ2n) is 4.33. The molecule has 5 heteroatoms. The maximum Gasteiger partial charge on any atom is 0.227 e. The average Bonchev–Trinajstić information content (AvgIpc) is 2.21. The summed E-state index contributed by atoms with van der Waals surface area (Å²) in [4.78, 5) is 11.9. The third-order valence-corrected chi connectivity index (χ3v) is 3.41. The fourth-order valence-corrected chi connectivity index (χ4v) is 1.89. The second kappa shape index (κ2) is 5.02. The average molecular weight is 257 g/mol. The van der Waals surface area contributed by atoms with E-state index in [-0.39, 0.29) is 16.8 Å². The highest BCUT2D eigenvalue weighted by atomic mass is 35.5. The maximum absolute atomic E-state index is 12.9. The molecule has 1 fully saturated rings. The minimum atomic E-state index is -0.485. The molecular weight excluding hydrogens is 243 g/mol. The van der Waals surface area contributed by atoms with Crippen LogP contribution in [0.5, 0.6) is 0 Å². The van der Waals surface area contributed by atoms with Crippen LogP contribution in [0.15, 0.2) is 18.2 Å². The number of nitrogens with one attached hydrogen (secondary N) is 2. The zero-order valence-electron chi connectivity index (χ0n) is 9.47. The summed E-state index contributed by atoms with van der Waals surface area (Å²) in [5, 5.41) is 5.88. The van der Waals surface area contributed by atoms with Crippen molar-refractivity contribution in [2.24, 2.45) is 11.8 Å². The molecule has 1 aromatic carbocycles. The van der Waals surface area contributed by atoms with Crippen molar-refractivity contribution >= 4 is 23.2 Å². The van der Waals surface area contributed by atoms with Crippen LogP contribution < -0.4 is 10.6 Å². The zero-order chi connectivity index (χ0) is 12.4. The van der Waals surface area contributed by atoms with Gasteiger partial charge in [0.15, 0.2) is 0 Å². The van der Waals surface area contributed by atoms with Gasteiger partial charge in [-0.3, -0.25) is 4.79 Å². The van der Waals surface area contributed by atoms with E-state index in [1.165, 1.54) is 18.2 Å². The molecule has 1 aliphatic rings. The molecule has 1 atom stereocenters. The van der Waals surface area contributed by atoms with Crippen molar-refractivity contribution in [2.45, 2.75) is 6.92 Å². The molecule has 1 aromatic rings. The Morgan fingerprint density at radius 2 is 2.29 bits per heavy atom. The second-order valence-corrected chi connectivity index (χ2v) is 4.73. The highest BCUT2D eigenvalue weighted by molar-refractivity contribution is 6.31. The highest BCUT2D eigenvalue weighted by Gasteiger charge is 2.28. The standard InChI is InChI=1S/C12H14ClFN2O/c1-7(8-5-15-6-8)12(17)16-9-2-3-11(14)10(13)4-9/h2-4,7-8,15H,5-6H2,1H3,(H,16,17). The zero-order valence-corrected chi connectivity index (χ0v) is 10.2. The number of carbonyl (C=O) groups is 1. The molecule has 0 radical (unpaired) electrons. The molecule has 0 aliphatic carbocycles. The van der Waals surface area contributed by atoms with Gasteiger partial charge in [-0.05, 0) is 37.2 Å². The van der Waals surface area contributed by atoms with Gasteiger partial charge in [-0.25, -0.2) is 4.39 Å². The molecule has 92 valence electrons. The van der Waals surface area contributed by atoms with Gasteiger partial charge < -0.3 is 10.6 Å². The molecule has 1 aliphatic heterocycles. The number of hydrogen-bond acceptors (Lipinski definition) is 2. The molecule has 0 aromatic heterocycles. The molecule has 0 spiro atoms. The van der Waals surface area contributed by atoms with Crippen molar-refractivity contribution in [2.75, 3.05) is 18.4 Å². The van der Waals surface area contributed by atoms with Crippen LogP contribution in [0.25, 0.3) is 0 Å². The number of halogens is 2. The van der Waals surface area contributed by atoms with Gasteiger partial charge in [-0.1, -0.05) is 18.5 Å². The van der Waals surface area contributed by atoms with E-state index in [0.717, 1.165) is 13.1 Å². The molecule has 0 saturated carbocycles. The van der Waals surface area contributed by atoms with E-state index >= 15 is 0 Å². The molecule has 1 heterocycles. The van der Waals surface area contributed by atoms with E-state index in [2.05, 4.69) is 10.6 Å². The summed E-state index contributed by atoms with van der Waals surface area (Å²) < 4.78 is 12.9. The molecule has 17 heavy (non-hydrogen) atoms. The van der Waals surface area contributed by atoms with Gasteiger partial charge in [-0.2, -0.15) is 0 Å². The van der Waals surface area contributed by atoms with Crippen molar-refractivity contribution in [1.29, 1.82) is 0 Å². The number of rotatable bonds is 3. The van der Waals surface area contributed by atoms with Crippen molar-refractivity contribution in [3.05, 3.63) is 29.0 Å². The predicted octanol–water partition coefficient (Wildman–Crippen LogP) is 2.27. The summed E-state index contributed by atoms with van der Waals surface area (Å²) in [6.45, 7) is 3.64. The number of amides is 1. The van der Waals surface area contributed by atoms with E-state index in [9.17, 15) is 9.18 Å². The number of carbonyl (C=O) groups excluding carboxylic acids is 1. The van der Waals surface area contributed by atoms with Gasteiger partial charge in [-0.15, -0.1) is 0 Å². The van der Waals surface area contributed by atoms with E-state index in [4.69, 9.17) is 11.6 Å². The molecule has 2 rings (SSSR count). The van der Waals surface area contributed by atoms with Crippen LogP contribution in [-0.4, -0.2) is 19.0 Å². The van der Waals surface area contributed by atoms with Gasteiger partial charge in [0.1, 0.15) is 5.82 Å². The predicted molar refractivity (Wildman–Crippen MR) is 65.6 cm³/mol. The van der Waals surface area contributed by atoms with Crippen LogP contribution in [0.1, 0.15) is 6.92 Å². The Kier molecular flexibility index (Phi) is 3.64. The van der Waals surface area contributed by atoms with Crippen LogP contribution in [0, 0.1) is 17.7 Å². The van der Waals surface area contributed by atoms with E-state index in [1.54, 1.807) is 0 Å². The molecule has 1 saturated heterocycles. The van der Waals surface area contributed by atoms with Gasteiger partial charge in [0, 0.05) is 11.6 Å². The first kappa shape index (κ1) is 12.3. The maximum atomic E-state index is 12.9. The fourth-order valence-electron chi connectivity index (χ4n) is 1.71. The van der Waals surface area contributed by atoms with Crippen molar-refractivity contribution in [3.63, 3.8) is 0 Å². The lowest BCUT2D eigenvalue weighted by molar-refractivity contribution is -0.121. The normalized spacial score (nSPS) is 17.4. The quantitative estimate of drug-likeness (QED) is 0.871. The smallest absolute Gasteiger partial charge is 0.227 e. The van der Waals surface area contributed by atoms with Gasteiger partial charge in [0.25, 0.3) is 0 Å². The van der Waals surface area contributed by atoms with Gasteiger partial charge >= 0.3 is 0 Å². The number of anilines is 1. The van der Waals surface area contributed by atoms with Crippen LogP contribution in [0.4, 0.5) is 10.1 Å². The summed E-state index contributed by atoms with van der Waals surface area (Å²) >= 11 is 5.64. The van der Waals surface area contributed by atoms with Crippen LogP contribution in [0.2, 0.25) is 5.02 Å². The third kappa shape index (κ3) is 2.76. The van der Waals surface area contributed by atoms with Crippen LogP contribution in [-0.2, 0) is 4.79 Å². The first-order chi connectivity index (χ1) is 8.08. The largest absolute Gasteiger partial charge is 0.326 e. The molecule has 1 unspecified atom stereocenters. The minimum Gasteiger partial charge on any atom is -0.326 e. The Hall–Kier alpha value is -1.13. The summed E-state index contributed by atoms with van der Waals surface area (Å²) in [6.07, 6.45) is 0. The number of benzene rings is 1. The Bertz CT molecular complexity index is 435. The summed E-state index contributed by atoms with van der Waals surface area (Å²) in [7, 11) is 0.